The minimum absolute atomic E-state index is 0.0932. The van der Waals surface area contributed by atoms with E-state index < -0.39 is 0 Å². The van der Waals surface area contributed by atoms with E-state index in [1.54, 1.807) is 19.0 Å². The molecule has 0 fully saturated rings. The van der Waals surface area contributed by atoms with Gasteiger partial charge in [0.2, 0.25) is 5.91 Å². The highest BCUT2D eigenvalue weighted by Crippen LogP contribution is 2.17. The van der Waals surface area contributed by atoms with Crippen molar-refractivity contribution < 1.29 is 9.90 Å². The van der Waals surface area contributed by atoms with E-state index in [2.05, 4.69) is 19.2 Å². The van der Waals surface area contributed by atoms with Crippen LogP contribution < -0.4 is 5.32 Å². The molecule has 0 aliphatic rings. The van der Waals surface area contributed by atoms with E-state index >= 15 is 0 Å². The lowest BCUT2D eigenvalue weighted by Crippen LogP contribution is -2.33. The standard InChI is InChI=1S/C11H24N2O2/c1-11(2,6-8-14)9-12-7-5-10(15)13(3)4/h12,14H,5-9H2,1-4H3. The third kappa shape index (κ3) is 7.33. The molecule has 2 N–H and O–H groups in total. The molecule has 15 heavy (non-hydrogen) atoms. The highest BCUT2D eigenvalue weighted by atomic mass is 16.3. The number of nitrogens with one attached hydrogen (secondary N) is 1. The molecule has 0 radical (unpaired) electrons. The molecule has 0 atom stereocenters. The number of nitrogens with zero attached hydrogens (tertiary/aromatic N) is 1. The van der Waals surface area contributed by atoms with Gasteiger partial charge in [-0.2, -0.15) is 0 Å². The highest BCUT2D eigenvalue weighted by molar-refractivity contribution is 5.75. The molecule has 0 saturated heterocycles. The Balaban J connectivity index is 3.58. The second-order valence-corrected chi connectivity index (χ2v) is 4.85. The average Bonchev–Trinajstić information content (AvgIpc) is 2.11. The van der Waals surface area contributed by atoms with Gasteiger partial charge in [0.05, 0.1) is 0 Å². The molecule has 0 spiro atoms. The van der Waals surface area contributed by atoms with Crippen LogP contribution in [0.5, 0.6) is 0 Å². The minimum Gasteiger partial charge on any atom is -0.396 e. The van der Waals surface area contributed by atoms with Crippen molar-refractivity contribution in [1.29, 1.82) is 0 Å². The predicted molar refractivity (Wildman–Crippen MR) is 61.7 cm³/mol. The maximum Gasteiger partial charge on any atom is 0.223 e. The smallest absolute Gasteiger partial charge is 0.223 e. The van der Waals surface area contributed by atoms with Gasteiger partial charge in [0.1, 0.15) is 0 Å². The fourth-order valence-electron chi connectivity index (χ4n) is 1.24. The van der Waals surface area contributed by atoms with Gasteiger partial charge in [-0.15, -0.1) is 0 Å². The van der Waals surface area contributed by atoms with Crippen LogP contribution in [0.15, 0.2) is 0 Å². The topological polar surface area (TPSA) is 52.6 Å². The summed E-state index contributed by atoms with van der Waals surface area (Å²) in [6.45, 7) is 5.94. The summed E-state index contributed by atoms with van der Waals surface area (Å²) in [6.07, 6.45) is 1.31. The number of aliphatic hydroxyl groups is 1. The van der Waals surface area contributed by atoms with Crippen molar-refractivity contribution in [3.05, 3.63) is 0 Å². The summed E-state index contributed by atoms with van der Waals surface area (Å²) >= 11 is 0. The maximum atomic E-state index is 11.2. The summed E-state index contributed by atoms with van der Waals surface area (Å²) in [4.78, 5) is 12.8. The van der Waals surface area contributed by atoms with Crippen molar-refractivity contribution in [2.45, 2.75) is 26.7 Å². The summed E-state index contributed by atoms with van der Waals surface area (Å²) in [5, 5.41) is 12.1. The van der Waals surface area contributed by atoms with E-state index in [1.807, 2.05) is 0 Å². The van der Waals surface area contributed by atoms with Crippen LogP contribution in [0, 0.1) is 5.41 Å². The van der Waals surface area contributed by atoms with Crippen LogP contribution >= 0.6 is 0 Å². The van der Waals surface area contributed by atoms with E-state index in [-0.39, 0.29) is 17.9 Å². The molecular formula is C11H24N2O2. The molecule has 0 aliphatic heterocycles. The van der Waals surface area contributed by atoms with Crippen molar-refractivity contribution in [2.24, 2.45) is 5.41 Å². The van der Waals surface area contributed by atoms with Gasteiger partial charge in [0, 0.05) is 40.2 Å². The summed E-state index contributed by atoms with van der Waals surface area (Å²) in [5.41, 5.74) is 0.0932. The molecule has 4 nitrogen and oxygen atoms in total. The van der Waals surface area contributed by atoms with Gasteiger partial charge in [0.15, 0.2) is 0 Å². The van der Waals surface area contributed by atoms with Gasteiger partial charge in [-0.05, 0) is 11.8 Å². The van der Waals surface area contributed by atoms with Gasteiger partial charge in [0.25, 0.3) is 0 Å². The highest BCUT2D eigenvalue weighted by Gasteiger charge is 2.16. The molecular weight excluding hydrogens is 192 g/mol. The fraction of sp³-hybridized carbons (Fsp3) is 0.909. The number of carbonyl (C=O) groups excluding carboxylic acids is 1. The molecule has 0 heterocycles. The Morgan fingerprint density at radius 3 is 2.47 bits per heavy atom. The lowest BCUT2D eigenvalue weighted by molar-refractivity contribution is -0.128. The first kappa shape index (κ1) is 14.4. The van der Waals surface area contributed by atoms with Crippen LogP contribution in [-0.4, -0.2) is 49.7 Å². The predicted octanol–water partition coefficient (Wildman–Crippen LogP) is 0.463. The average molecular weight is 216 g/mol. The molecule has 0 bridgehead atoms. The van der Waals surface area contributed by atoms with Crippen molar-refractivity contribution >= 4 is 5.91 Å². The first-order valence-corrected chi connectivity index (χ1v) is 5.41. The second kappa shape index (κ2) is 6.80. The Morgan fingerprint density at radius 1 is 1.40 bits per heavy atom. The van der Waals surface area contributed by atoms with Crippen molar-refractivity contribution in [1.82, 2.24) is 10.2 Å². The van der Waals surface area contributed by atoms with Crippen LogP contribution in [-0.2, 0) is 4.79 Å². The molecule has 0 aromatic rings. The molecule has 0 unspecified atom stereocenters. The summed E-state index contributed by atoms with van der Waals surface area (Å²) in [6, 6.07) is 0. The monoisotopic (exact) mass is 216 g/mol. The van der Waals surface area contributed by atoms with E-state index in [0.29, 0.717) is 13.0 Å². The first-order chi connectivity index (χ1) is 6.89. The number of hydrogen-bond donors (Lipinski definition) is 2. The lowest BCUT2D eigenvalue weighted by atomic mass is 9.90. The number of rotatable bonds is 7. The van der Waals surface area contributed by atoms with Crippen LogP contribution in [0.3, 0.4) is 0 Å². The molecule has 0 rings (SSSR count). The van der Waals surface area contributed by atoms with Crippen molar-refractivity contribution in [3.63, 3.8) is 0 Å². The molecule has 0 aromatic carbocycles. The summed E-state index contributed by atoms with van der Waals surface area (Å²) in [5.74, 6) is 0.141. The Labute approximate surface area is 92.7 Å². The number of aliphatic hydroxyl groups excluding tert-OH is 1. The normalized spacial score (nSPS) is 11.5. The third-order valence-corrected chi connectivity index (χ3v) is 2.41. The quantitative estimate of drug-likeness (QED) is 0.608. The number of amides is 1. The zero-order valence-electron chi connectivity index (χ0n) is 10.3. The largest absolute Gasteiger partial charge is 0.396 e. The second-order valence-electron chi connectivity index (χ2n) is 4.85. The zero-order valence-corrected chi connectivity index (χ0v) is 10.3. The minimum atomic E-state index is 0.0932. The molecule has 1 amide bonds. The zero-order chi connectivity index (χ0) is 11.9. The first-order valence-electron chi connectivity index (χ1n) is 5.41. The third-order valence-electron chi connectivity index (χ3n) is 2.41. The van der Waals surface area contributed by atoms with Gasteiger partial charge in [-0.1, -0.05) is 13.8 Å². The molecule has 0 saturated carbocycles. The Hall–Kier alpha value is -0.610. The lowest BCUT2D eigenvalue weighted by Gasteiger charge is -2.24. The molecule has 90 valence electrons. The summed E-state index contributed by atoms with van der Waals surface area (Å²) in [7, 11) is 3.52. The van der Waals surface area contributed by atoms with Gasteiger partial charge >= 0.3 is 0 Å². The number of hydrogen-bond acceptors (Lipinski definition) is 3. The van der Waals surface area contributed by atoms with Gasteiger partial charge < -0.3 is 15.3 Å². The SMILES string of the molecule is CN(C)C(=O)CCNCC(C)(C)CCO. The van der Waals surface area contributed by atoms with E-state index in [9.17, 15) is 4.79 Å². The van der Waals surface area contributed by atoms with Gasteiger partial charge in [-0.3, -0.25) is 4.79 Å². The van der Waals surface area contributed by atoms with Crippen LogP contribution in [0.2, 0.25) is 0 Å². The Kier molecular flexibility index (Phi) is 6.52. The Morgan fingerprint density at radius 2 is 2.00 bits per heavy atom. The van der Waals surface area contributed by atoms with E-state index in [1.165, 1.54) is 0 Å². The van der Waals surface area contributed by atoms with E-state index in [0.717, 1.165) is 13.0 Å². The molecule has 0 aromatic heterocycles. The van der Waals surface area contributed by atoms with Crippen LogP contribution in [0.1, 0.15) is 26.7 Å². The molecule has 4 heteroatoms. The van der Waals surface area contributed by atoms with Gasteiger partial charge in [-0.25, -0.2) is 0 Å². The molecule has 0 aliphatic carbocycles. The maximum absolute atomic E-state index is 11.2. The fourth-order valence-corrected chi connectivity index (χ4v) is 1.24. The summed E-state index contributed by atoms with van der Waals surface area (Å²) < 4.78 is 0. The van der Waals surface area contributed by atoms with Crippen molar-refractivity contribution in [2.75, 3.05) is 33.8 Å². The number of carbonyl (C=O) groups is 1. The van der Waals surface area contributed by atoms with Crippen LogP contribution in [0.25, 0.3) is 0 Å². The van der Waals surface area contributed by atoms with Crippen molar-refractivity contribution in [3.8, 4) is 0 Å². The van der Waals surface area contributed by atoms with Crippen LogP contribution in [0.4, 0.5) is 0 Å². The Bertz CT molecular complexity index is 191. The van der Waals surface area contributed by atoms with E-state index in [4.69, 9.17) is 5.11 Å².